The first kappa shape index (κ1) is 23.4. The molecular weight excluding hydrogens is 463 g/mol. The molecule has 1 N–H and O–H groups in total. The van der Waals surface area contributed by atoms with Gasteiger partial charge in [0.25, 0.3) is 11.8 Å². The highest BCUT2D eigenvalue weighted by atomic mass is 35.5. The fraction of sp³-hybridized carbons (Fsp3) is 0.375. The molecule has 4 rings (SSSR count). The average Bonchev–Trinajstić information content (AvgIpc) is 3.12. The SMILES string of the molecule is Cn1c(C(=O)N2CCCCNC(=O)c3cc(Cl)ccc3OCCCC2)nc2cc(Cl)ccc21. The van der Waals surface area contributed by atoms with E-state index >= 15 is 0 Å². The maximum atomic E-state index is 13.4. The van der Waals surface area contributed by atoms with Gasteiger partial charge in [-0.1, -0.05) is 23.2 Å². The van der Waals surface area contributed by atoms with E-state index in [0.29, 0.717) is 58.9 Å². The molecule has 2 aromatic carbocycles. The van der Waals surface area contributed by atoms with E-state index in [9.17, 15) is 9.59 Å². The van der Waals surface area contributed by atoms with Gasteiger partial charge >= 0.3 is 0 Å². The highest BCUT2D eigenvalue weighted by Gasteiger charge is 2.22. The molecule has 174 valence electrons. The zero-order chi connectivity index (χ0) is 23.4. The molecule has 2 heterocycles. The Morgan fingerprint density at radius 1 is 1.03 bits per heavy atom. The van der Waals surface area contributed by atoms with E-state index in [2.05, 4.69) is 10.3 Å². The van der Waals surface area contributed by atoms with E-state index in [1.165, 1.54) is 0 Å². The van der Waals surface area contributed by atoms with E-state index in [4.69, 9.17) is 27.9 Å². The van der Waals surface area contributed by atoms with Crippen LogP contribution < -0.4 is 10.1 Å². The molecule has 1 aromatic heterocycles. The lowest BCUT2D eigenvalue weighted by Gasteiger charge is -2.23. The van der Waals surface area contributed by atoms with Crippen LogP contribution in [0.25, 0.3) is 11.0 Å². The third kappa shape index (κ3) is 5.42. The van der Waals surface area contributed by atoms with Gasteiger partial charge in [-0.3, -0.25) is 9.59 Å². The van der Waals surface area contributed by atoms with E-state index in [0.717, 1.165) is 31.2 Å². The molecule has 9 heteroatoms. The van der Waals surface area contributed by atoms with Crippen molar-refractivity contribution in [3.8, 4) is 5.75 Å². The van der Waals surface area contributed by atoms with Gasteiger partial charge in [-0.25, -0.2) is 4.98 Å². The summed E-state index contributed by atoms with van der Waals surface area (Å²) in [4.78, 5) is 32.3. The van der Waals surface area contributed by atoms with Crippen molar-refractivity contribution >= 4 is 46.0 Å². The van der Waals surface area contributed by atoms with Crippen molar-refractivity contribution < 1.29 is 14.3 Å². The summed E-state index contributed by atoms with van der Waals surface area (Å²) in [7, 11) is 1.84. The molecule has 1 aliphatic heterocycles. The lowest BCUT2D eigenvalue weighted by Crippen LogP contribution is -2.35. The number of imidazole rings is 1. The third-order valence-electron chi connectivity index (χ3n) is 5.73. The van der Waals surface area contributed by atoms with Gasteiger partial charge in [0.05, 0.1) is 23.2 Å². The van der Waals surface area contributed by atoms with Crippen molar-refractivity contribution in [2.75, 3.05) is 26.2 Å². The predicted molar refractivity (Wildman–Crippen MR) is 129 cm³/mol. The summed E-state index contributed by atoms with van der Waals surface area (Å²) in [6.45, 7) is 2.13. The zero-order valence-corrected chi connectivity index (χ0v) is 20.0. The Morgan fingerprint density at radius 3 is 2.58 bits per heavy atom. The number of carbonyl (C=O) groups excluding carboxylic acids is 2. The summed E-state index contributed by atoms with van der Waals surface area (Å²) >= 11 is 12.2. The molecule has 1 aliphatic rings. The van der Waals surface area contributed by atoms with Gasteiger partial charge in [0.15, 0.2) is 5.82 Å². The number of aryl methyl sites for hydroxylation is 1. The van der Waals surface area contributed by atoms with Crippen LogP contribution in [0.5, 0.6) is 5.75 Å². The van der Waals surface area contributed by atoms with Gasteiger partial charge in [0.2, 0.25) is 0 Å². The molecule has 0 bridgehead atoms. The number of benzene rings is 2. The minimum atomic E-state index is -0.212. The first-order valence-electron chi connectivity index (χ1n) is 11.1. The molecule has 0 radical (unpaired) electrons. The molecule has 0 saturated heterocycles. The van der Waals surface area contributed by atoms with Crippen molar-refractivity contribution in [3.63, 3.8) is 0 Å². The van der Waals surface area contributed by atoms with E-state index in [1.807, 2.05) is 22.6 Å². The lowest BCUT2D eigenvalue weighted by molar-refractivity contribution is 0.0730. The summed E-state index contributed by atoms with van der Waals surface area (Å²) in [5, 5.41) is 4.00. The third-order valence-corrected chi connectivity index (χ3v) is 6.20. The van der Waals surface area contributed by atoms with Crippen molar-refractivity contribution in [1.82, 2.24) is 19.8 Å². The first-order chi connectivity index (χ1) is 15.9. The Balaban J connectivity index is 1.48. The topological polar surface area (TPSA) is 76.5 Å². The summed E-state index contributed by atoms with van der Waals surface area (Å²) in [5.41, 5.74) is 2.00. The molecule has 0 fully saturated rings. The number of nitrogens with one attached hydrogen (secondary N) is 1. The second-order valence-electron chi connectivity index (χ2n) is 8.08. The number of rotatable bonds is 1. The fourth-order valence-corrected chi connectivity index (χ4v) is 4.28. The monoisotopic (exact) mass is 488 g/mol. The van der Waals surface area contributed by atoms with Gasteiger partial charge in [-0.2, -0.15) is 0 Å². The minimum Gasteiger partial charge on any atom is -0.493 e. The summed E-state index contributed by atoms with van der Waals surface area (Å²) in [5.74, 6) is 0.585. The molecule has 0 unspecified atom stereocenters. The van der Waals surface area contributed by atoms with Crippen molar-refractivity contribution in [1.29, 1.82) is 0 Å². The van der Waals surface area contributed by atoms with Gasteiger partial charge in [-0.15, -0.1) is 0 Å². The summed E-state index contributed by atoms with van der Waals surface area (Å²) < 4.78 is 7.67. The maximum absolute atomic E-state index is 13.4. The number of carbonyl (C=O) groups is 2. The molecule has 3 aromatic rings. The van der Waals surface area contributed by atoms with E-state index in [-0.39, 0.29) is 11.8 Å². The Bertz CT molecular complexity index is 1180. The lowest BCUT2D eigenvalue weighted by atomic mass is 10.1. The number of amides is 2. The number of hydrogen-bond acceptors (Lipinski definition) is 4. The number of nitrogens with zero attached hydrogens (tertiary/aromatic N) is 3. The minimum absolute atomic E-state index is 0.109. The average molecular weight is 489 g/mol. The molecular formula is C24H26Cl2N4O3. The van der Waals surface area contributed by atoms with Crippen LogP contribution in [-0.4, -0.2) is 52.5 Å². The Morgan fingerprint density at radius 2 is 1.76 bits per heavy atom. The quantitative estimate of drug-likeness (QED) is 0.538. The van der Waals surface area contributed by atoms with Gasteiger partial charge in [0.1, 0.15) is 5.75 Å². The smallest absolute Gasteiger partial charge is 0.289 e. The highest BCUT2D eigenvalue weighted by Crippen LogP contribution is 2.24. The predicted octanol–water partition coefficient (Wildman–Crippen LogP) is 4.71. The number of ether oxygens (including phenoxy) is 1. The second-order valence-corrected chi connectivity index (χ2v) is 8.95. The fourth-order valence-electron chi connectivity index (χ4n) is 3.94. The number of halogens is 2. The first-order valence-corrected chi connectivity index (χ1v) is 11.8. The standard InChI is InChI=1S/C24H26Cl2N4O3/c1-29-20-8-6-17(26)15-19(20)28-22(29)24(32)30-11-3-2-10-27-23(31)18-14-16(25)7-9-21(18)33-13-5-4-12-30/h6-9,14-15H,2-5,10-13H2,1H3,(H,27,31). The van der Waals surface area contributed by atoms with Gasteiger partial charge in [-0.05, 0) is 62.1 Å². The van der Waals surface area contributed by atoms with Crippen molar-refractivity contribution in [3.05, 3.63) is 57.8 Å². The molecule has 2 amide bonds. The normalized spacial score (nSPS) is 16.0. The zero-order valence-electron chi connectivity index (χ0n) is 18.4. The number of aromatic nitrogens is 2. The van der Waals surface area contributed by atoms with Crippen LogP contribution in [0.1, 0.15) is 46.7 Å². The van der Waals surface area contributed by atoms with Crippen molar-refractivity contribution in [2.45, 2.75) is 25.7 Å². The summed E-state index contributed by atoms with van der Waals surface area (Å²) in [6, 6.07) is 10.5. The second kappa shape index (κ2) is 10.4. The maximum Gasteiger partial charge on any atom is 0.289 e. The van der Waals surface area contributed by atoms with Gasteiger partial charge < -0.3 is 19.5 Å². The molecule has 7 nitrogen and oxygen atoms in total. The summed E-state index contributed by atoms with van der Waals surface area (Å²) in [6.07, 6.45) is 3.02. The molecule has 0 aliphatic carbocycles. The van der Waals surface area contributed by atoms with Crippen LogP contribution in [0.15, 0.2) is 36.4 Å². The Hall–Kier alpha value is -2.77. The number of fused-ring (bicyclic) bond motifs is 2. The van der Waals surface area contributed by atoms with Crippen LogP contribution in [0.2, 0.25) is 10.0 Å². The van der Waals surface area contributed by atoms with E-state index < -0.39 is 0 Å². The molecule has 33 heavy (non-hydrogen) atoms. The van der Waals surface area contributed by atoms with Crippen LogP contribution in [-0.2, 0) is 7.05 Å². The van der Waals surface area contributed by atoms with E-state index in [1.54, 1.807) is 30.3 Å². The van der Waals surface area contributed by atoms with Crippen LogP contribution in [0.4, 0.5) is 0 Å². The van der Waals surface area contributed by atoms with Crippen LogP contribution in [0, 0.1) is 0 Å². The molecule has 0 saturated carbocycles. The molecule has 0 atom stereocenters. The Kier molecular flexibility index (Phi) is 7.40. The van der Waals surface area contributed by atoms with Gasteiger partial charge in [0, 0.05) is 36.7 Å². The van der Waals surface area contributed by atoms with Crippen LogP contribution in [0.3, 0.4) is 0 Å². The number of hydrogen-bond donors (Lipinski definition) is 1. The largest absolute Gasteiger partial charge is 0.493 e. The van der Waals surface area contributed by atoms with Crippen molar-refractivity contribution in [2.24, 2.45) is 7.05 Å². The van der Waals surface area contributed by atoms with Crippen LogP contribution >= 0.6 is 23.2 Å². The molecule has 0 spiro atoms. The highest BCUT2D eigenvalue weighted by molar-refractivity contribution is 6.31. The Labute approximate surface area is 202 Å².